The van der Waals surface area contributed by atoms with Gasteiger partial charge in [0.05, 0.1) is 7.11 Å². The molecule has 0 aliphatic carbocycles. The second kappa shape index (κ2) is 3.95. The lowest BCUT2D eigenvalue weighted by atomic mass is 10.1. The molecule has 0 saturated heterocycles. The van der Waals surface area contributed by atoms with Gasteiger partial charge in [0.1, 0.15) is 6.29 Å². The highest BCUT2D eigenvalue weighted by Gasteiger charge is 2.12. The molecule has 15 heavy (non-hydrogen) atoms. The molecule has 1 aromatic heterocycles. The molecule has 0 spiro atoms. The number of hydrogen-bond acceptors (Lipinski definition) is 3. The Morgan fingerprint density at radius 2 is 2.33 bits per heavy atom. The Morgan fingerprint density at radius 3 is 3.00 bits per heavy atom. The Balaban J connectivity index is 2.68. The fourth-order valence-corrected chi connectivity index (χ4v) is 1.76. The van der Waals surface area contributed by atoms with E-state index < -0.39 is 0 Å². The van der Waals surface area contributed by atoms with E-state index in [1.165, 1.54) is 0 Å². The zero-order chi connectivity index (χ0) is 10.8. The van der Waals surface area contributed by atoms with Crippen LogP contribution in [0.5, 0.6) is 5.75 Å². The number of ether oxygens (including phenoxy) is 1. The van der Waals surface area contributed by atoms with Crippen LogP contribution in [0.4, 0.5) is 0 Å². The van der Waals surface area contributed by atoms with Crippen molar-refractivity contribution in [2.75, 3.05) is 7.11 Å². The summed E-state index contributed by atoms with van der Waals surface area (Å²) in [5, 5.41) is 1.18. The smallest absolute Gasteiger partial charge is 0.194 e. The van der Waals surface area contributed by atoms with E-state index in [1.54, 1.807) is 13.2 Å². The third-order valence-electron chi connectivity index (χ3n) is 2.20. The van der Waals surface area contributed by atoms with Crippen LogP contribution in [0.25, 0.3) is 11.0 Å². The monoisotopic (exact) mass is 224 g/mol. The van der Waals surface area contributed by atoms with Crippen molar-refractivity contribution in [3.8, 4) is 5.75 Å². The van der Waals surface area contributed by atoms with E-state index in [0.717, 1.165) is 17.2 Å². The normalized spacial score (nSPS) is 10.5. The predicted molar refractivity (Wildman–Crippen MR) is 57.5 cm³/mol. The van der Waals surface area contributed by atoms with Crippen LogP contribution in [0.3, 0.4) is 0 Å². The number of fused-ring (bicyclic) bond motifs is 1. The van der Waals surface area contributed by atoms with Crippen molar-refractivity contribution >= 4 is 28.9 Å². The maximum absolute atomic E-state index is 10.5. The second-order valence-corrected chi connectivity index (χ2v) is 3.47. The molecular formula is C11H9ClO3. The van der Waals surface area contributed by atoms with Crippen molar-refractivity contribution in [1.29, 1.82) is 0 Å². The Kier molecular flexibility index (Phi) is 2.64. The van der Waals surface area contributed by atoms with Crippen LogP contribution in [0.1, 0.15) is 5.56 Å². The van der Waals surface area contributed by atoms with Crippen molar-refractivity contribution in [3.63, 3.8) is 0 Å². The molecular weight excluding hydrogens is 216 g/mol. The molecule has 4 heteroatoms. The van der Waals surface area contributed by atoms with Crippen LogP contribution in [0, 0.1) is 0 Å². The minimum Gasteiger partial charge on any atom is -0.493 e. The molecule has 0 aliphatic heterocycles. The molecule has 0 radical (unpaired) electrons. The lowest BCUT2D eigenvalue weighted by Gasteiger charge is -2.05. The first-order valence-electron chi connectivity index (χ1n) is 4.45. The zero-order valence-electron chi connectivity index (χ0n) is 8.12. The van der Waals surface area contributed by atoms with Gasteiger partial charge in [0.2, 0.25) is 0 Å². The number of carbonyl (C=O) groups is 1. The first kappa shape index (κ1) is 10.1. The zero-order valence-corrected chi connectivity index (χ0v) is 8.88. The molecule has 2 aromatic rings. The van der Waals surface area contributed by atoms with Crippen molar-refractivity contribution in [2.45, 2.75) is 6.42 Å². The molecule has 0 fully saturated rings. The third-order valence-corrected chi connectivity index (χ3v) is 2.39. The van der Waals surface area contributed by atoms with Gasteiger partial charge in [-0.2, -0.15) is 0 Å². The van der Waals surface area contributed by atoms with Crippen molar-refractivity contribution in [1.82, 2.24) is 0 Å². The van der Waals surface area contributed by atoms with E-state index in [9.17, 15) is 4.79 Å². The Hall–Kier alpha value is -1.48. The highest BCUT2D eigenvalue weighted by atomic mass is 35.5. The first-order valence-corrected chi connectivity index (χ1v) is 4.82. The summed E-state index contributed by atoms with van der Waals surface area (Å²) in [6.45, 7) is 0. The van der Waals surface area contributed by atoms with E-state index in [2.05, 4.69) is 0 Å². The highest BCUT2D eigenvalue weighted by Crippen LogP contribution is 2.33. The summed E-state index contributed by atoms with van der Waals surface area (Å²) in [5.74, 6) is 0.575. The summed E-state index contributed by atoms with van der Waals surface area (Å²) < 4.78 is 10.5. The van der Waals surface area contributed by atoms with Gasteiger partial charge in [-0.15, -0.1) is 0 Å². The van der Waals surface area contributed by atoms with Crippen LogP contribution in [0.15, 0.2) is 22.6 Å². The molecule has 0 saturated carbocycles. The number of methoxy groups -OCH3 is 1. The van der Waals surface area contributed by atoms with Crippen molar-refractivity contribution in [3.05, 3.63) is 29.0 Å². The molecule has 0 N–H and O–H groups in total. The Bertz CT molecular complexity index is 502. The number of benzene rings is 1. The predicted octanol–water partition coefficient (Wildman–Crippen LogP) is 2.84. The first-order chi connectivity index (χ1) is 7.26. The number of furan rings is 1. The van der Waals surface area contributed by atoms with Crippen molar-refractivity contribution in [2.24, 2.45) is 0 Å². The standard InChI is InChI=1S/C11H9ClO3/c1-14-10-7(4-5-13)2-3-8-6-9(12)15-11(8)10/h2-3,5-6H,4H2,1H3. The van der Waals surface area contributed by atoms with Gasteiger partial charge >= 0.3 is 0 Å². The molecule has 0 unspecified atom stereocenters. The van der Waals surface area contributed by atoms with E-state index >= 15 is 0 Å². The maximum atomic E-state index is 10.5. The fraction of sp³-hybridized carbons (Fsp3) is 0.182. The summed E-state index contributed by atoms with van der Waals surface area (Å²) in [7, 11) is 1.54. The molecule has 0 bridgehead atoms. The number of rotatable bonds is 3. The van der Waals surface area contributed by atoms with Gasteiger partial charge in [-0.1, -0.05) is 12.1 Å². The Labute approximate surface area is 91.6 Å². The highest BCUT2D eigenvalue weighted by molar-refractivity contribution is 6.29. The molecule has 0 amide bonds. The van der Waals surface area contributed by atoms with Gasteiger partial charge in [-0.05, 0) is 11.6 Å². The van der Waals surface area contributed by atoms with Crippen LogP contribution in [-0.4, -0.2) is 13.4 Å². The fourth-order valence-electron chi connectivity index (χ4n) is 1.56. The number of halogens is 1. The van der Waals surface area contributed by atoms with E-state index in [1.807, 2.05) is 12.1 Å². The molecule has 1 aromatic carbocycles. The molecule has 0 aliphatic rings. The summed E-state index contributed by atoms with van der Waals surface area (Å²) >= 11 is 5.75. The van der Waals surface area contributed by atoms with Crippen LogP contribution in [0.2, 0.25) is 5.22 Å². The third kappa shape index (κ3) is 1.70. The van der Waals surface area contributed by atoms with Gasteiger partial charge in [-0.3, -0.25) is 0 Å². The van der Waals surface area contributed by atoms with Crippen molar-refractivity contribution < 1.29 is 13.9 Å². The summed E-state index contributed by atoms with van der Waals surface area (Å²) in [6.07, 6.45) is 1.13. The van der Waals surface area contributed by atoms with Crippen LogP contribution >= 0.6 is 11.6 Å². The van der Waals surface area contributed by atoms with Crippen LogP contribution in [-0.2, 0) is 11.2 Å². The SMILES string of the molecule is COc1c(CC=O)ccc2cc(Cl)oc12. The van der Waals surface area contributed by atoms with Gasteiger partial charge in [0, 0.05) is 23.4 Å². The van der Waals surface area contributed by atoms with Gasteiger partial charge in [0.15, 0.2) is 16.6 Å². The lowest BCUT2D eigenvalue weighted by Crippen LogP contribution is -1.93. The lowest BCUT2D eigenvalue weighted by molar-refractivity contribution is -0.107. The van der Waals surface area contributed by atoms with Gasteiger partial charge < -0.3 is 13.9 Å². The van der Waals surface area contributed by atoms with Gasteiger partial charge in [-0.25, -0.2) is 0 Å². The largest absolute Gasteiger partial charge is 0.493 e. The number of carbonyl (C=O) groups excluding carboxylic acids is 1. The summed E-state index contributed by atoms with van der Waals surface area (Å²) in [6, 6.07) is 5.40. The number of aldehydes is 1. The minimum atomic E-state index is 0.303. The quantitative estimate of drug-likeness (QED) is 0.753. The molecule has 1 heterocycles. The van der Waals surface area contributed by atoms with E-state index in [0.29, 0.717) is 23.0 Å². The van der Waals surface area contributed by atoms with E-state index in [-0.39, 0.29) is 0 Å². The molecule has 0 atom stereocenters. The average Bonchev–Trinajstić information content (AvgIpc) is 2.58. The average molecular weight is 225 g/mol. The number of hydrogen-bond donors (Lipinski definition) is 0. The molecule has 3 nitrogen and oxygen atoms in total. The Morgan fingerprint density at radius 1 is 1.53 bits per heavy atom. The molecule has 2 rings (SSSR count). The molecule has 78 valence electrons. The van der Waals surface area contributed by atoms with E-state index in [4.69, 9.17) is 20.8 Å². The van der Waals surface area contributed by atoms with Gasteiger partial charge in [0.25, 0.3) is 0 Å². The second-order valence-electron chi connectivity index (χ2n) is 3.10. The topological polar surface area (TPSA) is 39.4 Å². The minimum absolute atomic E-state index is 0.303. The van der Waals surface area contributed by atoms with Crippen LogP contribution < -0.4 is 4.74 Å². The summed E-state index contributed by atoms with van der Waals surface area (Å²) in [5.41, 5.74) is 1.38. The summed E-state index contributed by atoms with van der Waals surface area (Å²) in [4.78, 5) is 10.5. The maximum Gasteiger partial charge on any atom is 0.194 e.